The first-order valence-electron chi connectivity index (χ1n) is 28.7. The van der Waals surface area contributed by atoms with Crippen LogP contribution in [-0.4, -0.2) is 46.9 Å². The molecular formula is C61H109NO5. The van der Waals surface area contributed by atoms with Crippen LogP contribution in [0.15, 0.2) is 72.9 Å². The van der Waals surface area contributed by atoms with Crippen LogP contribution in [0.5, 0.6) is 0 Å². The van der Waals surface area contributed by atoms with E-state index in [2.05, 4.69) is 92.9 Å². The number of nitrogens with one attached hydrogen (secondary N) is 1. The molecule has 388 valence electrons. The number of carbonyl (C=O) groups is 2. The molecule has 67 heavy (non-hydrogen) atoms. The van der Waals surface area contributed by atoms with Crippen molar-refractivity contribution in [1.29, 1.82) is 0 Å². The number of aliphatic hydroxyl groups is 2. The molecule has 3 N–H and O–H groups in total. The van der Waals surface area contributed by atoms with E-state index >= 15 is 0 Å². The van der Waals surface area contributed by atoms with Crippen LogP contribution in [0, 0.1) is 0 Å². The van der Waals surface area contributed by atoms with Crippen LogP contribution in [0.3, 0.4) is 0 Å². The van der Waals surface area contributed by atoms with Crippen LogP contribution in [0.1, 0.15) is 278 Å². The van der Waals surface area contributed by atoms with E-state index in [1.54, 1.807) is 0 Å². The monoisotopic (exact) mass is 936 g/mol. The summed E-state index contributed by atoms with van der Waals surface area (Å²) in [5, 5.41) is 23.9. The predicted molar refractivity (Wildman–Crippen MR) is 291 cm³/mol. The topological polar surface area (TPSA) is 95.9 Å². The molecule has 0 fully saturated rings. The number of carbonyl (C=O) groups excluding carboxylic acids is 2. The maximum atomic E-state index is 13.3. The Morgan fingerprint density at radius 2 is 0.806 bits per heavy atom. The number of allylic oxidation sites excluding steroid dienone is 12. The summed E-state index contributed by atoms with van der Waals surface area (Å²) in [5.74, 6) is -0.583. The van der Waals surface area contributed by atoms with Crippen LogP contribution >= 0.6 is 0 Å². The highest BCUT2D eigenvalue weighted by molar-refractivity contribution is 5.77. The average Bonchev–Trinajstić information content (AvgIpc) is 3.32. The number of esters is 1. The predicted octanol–water partition coefficient (Wildman–Crippen LogP) is 17.7. The number of amides is 1. The quantitative estimate of drug-likeness (QED) is 0.0321. The summed E-state index contributed by atoms with van der Waals surface area (Å²) >= 11 is 0. The van der Waals surface area contributed by atoms with Gasteiger partial charge in [0.15, 0.2) is 0 Å². The smallest absolute Gasteiger partial charge is 0.306 e. The molecule has 0 aromatic rings. The Morgan fingerprint density at radius 3 is 1.24 bits per heavy atom. The van der Waals surface area contributed by atoms with Gasteiger partial charge in [0.25, 0.3) is 0 Å². The number of ether oxygens (including phenoxy) is 1. The molecule has 0 aliphatic heterocycles. The molecule has 0 radical (unpaired) electrons. The van der Waals surface area contributed by atoms with Gasteiger partial charge in [-0.2, -0.15) is 0 Å². The second-order valence-electron chi connectivity index (χ2n) is 19.3. The van der Waals surface area contributed by atoms with Crippen LogP contribution in [0.2, 0.25) is 0 Å². The number of hydrogen-bond donors (Lipinski definition) is 3. The third-order valence-corrected chi connectivity index (χ3v) is 12.8. The molecule has 3 atom stereocenters. The van der Waals surface area contributed by atoms with Crippen LogP contribution in [0.25, 0.3) is 0 Å². The van der Waals surface area contributed by atoms with Crippen LogP contribution in [0.4, 0.5) is 0 Å². The lowest BCUT2D eigenvalue weighted by Gasteiger charge is -2.24. The van der Waals surface area contributed by atoms with E-state index in [4.69, 9.17) is 4.74 Å². The molecular weight excluding hydrogens is 827 g/mol. The number of unbranched alkanes of at least 4 members (excludes halogenated alkanes) is 27. The Morgan fingerprint density at radius 1 is 0.448 bits per heavy atom. The lowest BCUT2D eigenvalue weighted by atomic mass is 10.0. The first kappa shape index (κ1) is 64.3. The lowest BCUT2D eigenvalue weighted by molar-refractivity contribution is -0.150. The fourth-order valence-corrected chi connectivity index (χ4v) is 8.48. The normalized spacial score (nSPS) is 13.7. The van der Waals surface area contributed by atoms with Gasteiger partial charge in [0, 0.05) is 6.42 Å². The number of aliphatic hydroxyl groups excluding tert-OH is 2. The summed E-state index contributed by atoms with van der Waals surface area (Å²) in [7, 11) is 0. The summed E-state index contributed by atoms with van der Waals surface area (Å²) in [6.07, 6.45) is 69.8. The van der Waals surface area contributed by atoms with Crippen molar-refractivity contribution in [3.63, 3.8) is 0 Å². The molecule has 0 spiro atoms. The van der Waals surface area contributed by atoms with Gasteiger partial charge >= 0.3 is 5.97 Å². The molecule has 0 bridgehead atoms. The van der Waals surface area contributed by atoms with Gasteiger partial charge in [0.1, 0.15) is 6.10 Å². The van der Waals surface area contributed by atoms with E-state index in [1.807, 2.05) is 6.08 Å². The highest BCUT2D eigenvalue weighted by atomic mass is 16.5. The highest BCUT2D eigenvalue weighted by Crippen LogP contribution is 2.18. The maximum absolute atomic E-state index is 13.3. The van der Waals surface area contributed by atoms with Gasteiger partial charge in [-0.1, -0.05) is 254 Å². The van der Waals surface area contributed by atoms with Crippen molar-refractivity contribution < 1.29 is 24.5 Å². The Kier molecular flexibility index (Phi) is 52.1. The van der Waals surface area contributed by atoms with Crippen molar-refractivity contribution in [3.05, 3.63) is 72.9 Å². The first-order valence-corrected chi connectivity index (χ1v) is 28.7. The standard InChI is InChI=1S/C61H109NO5/c1-4-7-10-13-16-19-22-25-28-31-34-37-40-43-46-49-52-57(67-61(66)54-51-48-45-42-39-36-33-30-27-24-21-18-15-12-9-6-3)55-60(65)62-58(56-63)59(64)53-50-47-44-41-38-35-32-29-26-23-20-17-14-11-8-5-2/h9,12,18,21,27,30,34,36-37,39,45,48,57-59,63-64H,4-8,10-11,13-17,19-20,22-26,28-29,31-33,35,38,40-44,46-47,49-56H2,1-3H3,(H,62,65)/b12-9+,21-18+,30-27+,37-34+,39-36+,48-45+. The molecule has 0 heterocycles. The van der Waals surface area contributed by atoms with Gasteiger partial charge in [0.2, 0.25) is 5.91 Å². The molecule has 1 amide bonds. The summed E-state index contributed by atoms with van der Waals surface area (Å²) in [4.78, 5) is 26.2. The maximum Gasteiger partial charge on any atom is 0.306 e. The SMILES string of the molecule is CC/C=C/C/C=C/C/C=C/C/C=C/C/C=C/CCC(=O)OC(CCCCC/C=C/CCCCCCCCCCC)CC(=O)NC(CO)C(O)CCCCCCCCCCCCCCCCCC. The molecule has 3 unspecified atom stereocenters. The van der Waals surface area contributed by atoms with Crippen molar-refractivity contribution >= 4 is 11.9 Å². The second kappa shape index (κ2) is 54.2. The van der Waals surface area contributed by atoms with E-state index < -0.39 is 18.2 Å². The second-order valence-corrected chi connectivity index (χ2v) is 19.3. The molecule has 0 saturated carbocycles. The van der Waals surface area contributed by atoms with E-state index in [0.717, 1.165) is 83.5 Å². The fourth-order valence-electron chi connectivity index (χ4n) is 8.48. The van der Waals surface area contributed by atoms with Crippen molar-refractivity contribution in [3.8, 4) is 0 Å². The van der Waals surface area contributed by atoms with Gasteiger partial charge in [-0.15, -0.1) is 0 Å². The zero-order chi connectivity index (χ0) is 48.8. The van der Waals surface area contributed by atoms with E-state index in [1.165, 1.54) is 141 Å². The molecule has 0 aliphatic carbocycles. The van der Waals surface area contributed by atoms with Gasteiger partial charge < -0.3 is 20.3 Å². The molecule has 0 rings (SSSR count). The van der Waals surface area contributed by atoms with E-state index in [0.29, 0.717) is 19.3 Å². The Labute approximate surface area is 415 Å². The molecule has 0 aliphatic rings. The van der Waals surface area contributed by atoms with Gasteiger partial charge in [0.05, 0.1) is 25.2 Å². The Balaban J connectivity index is 4.67. The number of rotatable bonds is 51. The minimum absolute atomic E-state index is 0.0360. The summed E-state index contributed by atoms with van der Waals surface area (Å²) in [6.45, 7) is 6.37. The van der Waals surface area contributed by atoms with Gasteiger partial charge in [-0.25, -0.2) is 0 Å². The highest BCUT2D eigenvalue weighted by Gasteiger charge is 2.24. The van der Waals surface area contributed by atoms with Gasteiger partial charge in [-0.3, -0.25) is 9.59 Å². The summed E-state index contributed by atoms with van der Waals surface area (Å²) in [5.41, 5.74) is 0. The summed E-state index contributed by atoms with van der Waals surface area (Å²) in [6, 6.07) is -0.724. The minimum Gasteiger partial charge on any atom is -0.462 e. The largest absolute Gasteiger partial charge is 0.462 e. The fraction of sp³-hybridized carbons (Fsp3) is 0.770. The third kappa shape index (κ3) is 49.5. The molecule has 0 saturated heterocycles. The van der Waals surface area contributed by atoms with E-state index in [-0.39, 0.29) is 31.3 Å². The van der Waals surface area contributed by atoms with Crippen LogP contribution < -0.4 is 5.32 Å². The molecule has 0 aromatic carbocycles. The molecule has 6 nitrogen and oxygen atoms in total. The Bertz CT molecular complexity index is 1230. The zero-order valence-electron chi connectivity index (χ0n) is 44.3. The molecule has 0 aromatic heterocycles. The Hall–Kier alpha value is -2.70. The minimum atomic E-state index is -0.807. The van der Waals surface area contributed by atoms with Crippen molar-refractivity contribution in [2.24, 2.45) is 0 Å². The zero-order valence-corrected chi connectivity index (χ0v) is 44.3. The first-order chi connectivity index (χ1) is 33.0. The third-order valence-electron chi connectivity index (χ3n) is 12.8. The summed E-state index contributed by atoms with van der Waals surface area (Å²) < 4.78 is 5.91. The van der Waals surface area contributed by atoms with Gasteiger partial charge in [-0.05, 0) is 83.5 Å². The molecule has 6 heteroatoms. The number of hydrogen-bond acceptors (Lipinski definition) is 5. The lowest BCUT2D eigenvalue weighted by Crippen LogP contribution is -2.46. The van der Waals surface area contributed by atoms with E-state index in [9.17, 15) is 19.8 Å². The average molecular weight is 937 g/mol. The van der Waals surface area contributed by atoms with Crippen molar-refractivity contribution in [2.75, 3.05) is 6.61 Å². The van der Waals surface area contributed by atoms with Crippen molar-refractivity contribution in [2.45, 2.75) is 296 Å². The van der Waals surface area contributed by atoms with Crippen molar-refractivity contribution in [1.82, 2.24) is 5.32 Å². The van der Waals surface area contributed by atoms with Crippen LogP contribution in [-0.2, 0) is 14.3 Å².